The van der Waals surface area contributed by atoms with Gasteiger partial charge in [0.1, 0.15) is 18.0 Å². The van der Waals surface area contributed by atoms with Crippen molar-refractivity contribution in [3.63, 3.8) is 0 Å². The zero-order chi connectivity index (χ0) is 14.8. The van der Waals surface area contributed by atoms with Gasteiger partial charge in [-0.2, -0.15) is 0 Å². The van der Waals surface area contributed by atoms with Crippen LogP contribution in [0, 0.1) is 11.6 Å². The van der Waals surface area contributed by atoms with Crippen molar-refractivity contribution in [3.8, 4) is 0 Å². The van der Waals surface area contributed by atoms with E-state index in [1.54, 1.807) is 0 Å². The molecule has 4 nitrogen and oxygen atoms in total. The molecule has 0 spiro atoms. The first-order valence-electron chi connectivity index (χ1n) is 6.67. The van der Waals surface area contributed by atoms with Gasteiger partial charge in [-0.3, -0.25) is 4.79 Å². The van der Waals surface area contributed by atoms with Gasteiger partial charge in [0.05, 0.1) is 17.8 Å². The Morgan fingerprint density at radius 1 is 1.24 bits per heavy atom. The number of carbonyl (C=O) groups is 1. The highest BCUT2D eigenvalue weighted by atomic mass is 19.1. The van der Waals surface area contributed by atoms with Crippen LogP contribution < -0.4 is 5.32 Å². The lowest BCUT2D eigenvalue weighted by molar-refractivity contribution is 0.0946. The van der Waals surface area contributed by atoms with E-state index in [1.165, 1.54) is 6.33 Å². The Labute approximate surface area is 120 Å². The minimum absolute atomic E-state index is 0.178. The number of hydrogen-bond donors (Lipinski definition) is 1. The van der Waals surface area contributed by atoms with Crippen LogP contribution in [0.4, 0.5) is 8.78 Å². The molecular formula is C15H13F2N3O. The highest BCUT2D eigenvalue weighted by Crippen LogP contribution is 2.38. The van der Waals surface area contributed by atoms with Gasteiger partial charge in [0.25, 0.3) is 5.91 Å². The van der Waals surface area contributed by atoms with Crippen molar-refractivity contribution in [3.05, 3.63) is 59.2 Å². The van der Waals surface area contributed by atoms with Gasteiger partial charge >= 0.3 is 0 Å². The maximum atomic E-state index is 13.5. The monoisotopic (exact) mass is 289 g/mol. The summed E-state index contributed by atoms with van der Waals surface area (Å²) in [6, 6.07) is 4.70. The molecule has 1 aromatic carbocycles. The van der Waals surface area contributed by atoms with Crippen LogP contribution in [0.5, 0.6) is 0 Å². The van der Waals surface area contributed by atoms with E-state index in [0.29, 0.717) is 17.7 Å². The second kappa shape index (κ2) is 5.55. The van der Waals surface area contributed by atoms with Crippen molar-refractivity contribution in [2.24, 2.45) is 0 Å². The third-order valence-corrected chi connectivity index (χ3v) is 3.35. The van der Waals surface area contributed by atoms with E-state index in [2.05, 4.69) is 15.3 Å². The number of hydrogen-bond acceptors (Lipinski definition) is 3. The van der Waals surface area contributed by atoms with E-state index >= 15 is 0 Å². The fourth-order valence-electron chi connectivity index (χ4n) is 2.05. The molecule has 1 N–H and O–H groups in total. The van der Waals surface area contributed by atoms with Crippen molar-refractivity contribution in [1.82, 2.24) is 15.3 Å². The van der Waals surface area contributed by atoms with E-state index in [0.717, 1.165) is 30.7 Å². The molecule has 1 fully saturated rings. The zero-order valence-electron chi connectivity index (χ0n) is 11.1. The lowest BCUT2D eigenvalue weighted by Crippen LogP contribution is -2.24. The van der Waals surface area contributed by atoms with Gasteiger partial charge in [0.2, 0.25) is 0 Å². The highest BCUT2D eigenvalue weighted by molar-refractivity contribution is 5.94. The first-order chi connectivity index (χ1) is 10.1. The van der Waals surface area contributed by atoms with Gasteiger partial charge in [-0.15, -0.1) is 0 Å². The normalized spacial score (nSPS) is 14.0. The van der Waals surface area contributed by atoms with Gasteiger partial charge < -0.3 is 5.32 Å². The van der Waals surface area contributed by atoms with Crippen LogP contribution in [0.25, 0.3) is 0 Å². The predicted octanol–water partition coefficient (Wildman–Crippen LogP) is 2.56. The Balaban J connectivity index is 1.66. The van der Waals surface area contributed by atoms with Gasteiger partial charge in [-0.25, -0.2) is 18.7 Å². The number of nitrogens with zero attached hydrogens (tertiary/aromatic N) is 2. The van der Waals surface area contributed by atoms with E-state index in [9.17, 15) is 13.6 Å². The minimum atomic E-state index is -0.881. The van der Waals surface area contributed by atoms with Crippen molar-refractivity contribution < 1.29 is 13.6 Å². The Kier molecular flexibility index (Phi) is 3.60. The maximum Gasteiger partial charge on any atom is 0.254 e. The Hall–Kier alpha value is -2.37. The molecule has 1 saturated carbocycles. The van der Waals surface area contributed by atoms with E-state index in [-0.39, 0.29) is 12.1 Å². The molecule has 1 aromatic heterocycles. The summed E-state index contributed by atoms with van der Waals surface area (Å²) < 4.78 is 26.3. The van der Waals surface area contributed by atoms with Crippen LogP contribution >= 0.6 is 0 Å². The molecule has 0 aliphatic heterocycles. The number of benzene rings is 1. The molecule has 0 saturated heterocycles. The molecule has 21 heavy (non-hydrogen) atoms. The minimum Gasteiger partial charge on any atom is -0.346 e. The highest BCUT2D eigenvalue weighted by Gasteiger charge is 2.25. The standard InChI is InChI=1S/C15H13F2N3O/c16-10-3-4-12(13(17)5-10)15(21)18-7-11-6-14(9-1-2-9)20-8-19-11/h3-6,8-9H,1-2,7H2,(H,18,21). The summed E-state index contributed by atoms with van der Waals surface area (Å²) in [5, 5.41) is 2.57. The number of carbonyl (C=O) groups excluding carboxylic acids is 1. The number of amides is 1. The average Bonchev–Trinajstić information content (AvgIpc) is 3.30. The third-order valence-electron chi connectivity index (χ3n) is 3.35. The smallest absolute Gasteiger partial charge is 0.254 e. The van der Waals surface area contributed by atoms with Gasteiger partial charge in [0, 0.05) is 17.7 Å². The topological polar surface area (TPSA) is 54.9 Å². The fraction of sp³-hybridized carbons (Fsp3) is 0.267. The van der Waals surface area contributed by atoms with Crippen LogP contribution in [-0.4, -0.2) is 15.9 Å². The van der Waals surface area contributed by atoms with Crippen LogP contribution in [0.1, 0.15) is 40.5 Å². The van der Waals surface area contributed by atoms with Gasteiger partial charge in [-0.05, 0) is 31.0 Å². The predicted molar refractivity (Wildman–Crippen MR) is 71.5 cm³/mol. The molecule has 0 radical (unpaired) electrons. The van der Waals surface area contributed by atoms with Crippen LogP contribution in [-0.2, 0) is 6.54 Å². The zero-order valence-corrected chi connectivity index (χ0v) is 11.1. The molecule has 108 valence electrons. The molecule has 0 bridgehead atoms. The lowest BCUT2D eigenvalue weighted by Gasteiger charge is -2.06. The number of nitrogens with one attached hydrogen (secondary N) is 1. The SMILES string of the molecule is O=C(NCc1cc(C2CC2)ncn1)c1ccc(F)cc1F. The van der Waals surface area contributed by atoms with E-state index < -0.39 is 17.5 Å². The summed E-state index contributed by atoms with van der Waals surface area (Å²) >= 11 is 0. The molecule has 0 atom stereocenters. The Bertz CT molecular complexity index is 686. The molecule has 6 heteroatoms. The second-order valence-electron chi connectivity index (χ2n) is 5.02. The second-order valence-corrected chi connectivity index (χ2v) is 5.02. The number of aromatic nitrogens is 2. The molecule has 2 aromatic rings. The van der Waals surface area contributed by atoms with Gasteiger partial charge in [-0.1, -0.05) is 0 Å². The Morgan fingerprint density at radius 2 is 2.05 bits per heavy atom. The summed E-state index contributed by atoms with van der Waals surface area (Å²) in [7, 11) is 0. The quantitative estimate of drug-likeness (QED) is 0.941. The van der Waals surface area contributed by atoms with Crippen molar-refractivity contribution in [2.75, 3.05) is 0 Å². The molecule has 1 heterocycles. The summed E-state index contributed by atoms with van der Waals surface area (Å²) in [5.74, 6) is -1.70. The number of halogens is 2. The largest absolute Gasteiger partial charge is 0.346 e. The summed E-state index contributed by atoms with van der Waals surface area (Å²) in [6.45, 7) is 0.178. The first-order valence-corrected chi connectivity index (χ1v) is 6.67. The lowest BCUT2D eigenvalue weighted by atomic mass is 10.2. The summed E-state index contributed by atoms with van der Waals surface area (Å²) in [4.78, 5) is 20.1. The molecule has 1 amide bonds. The molecule has 1 aliphatic carbocycles. The van der Waals surface area contributed by atoms with Crippen molar-refractivity contribution in [2.45, 2.75) is 25.3 Å². The van der Waals surface area contributed by atoms with Crippen LogP contribution in [0.15, 0.2) is 30.6 Å². The average molecular weight is 289 g/mol. The molecule has 3 rings (SSSR count). The first kappa shape index (κ1) is 13.6. The molecule has 0 unspecified atom stereocenters. The van der Waals surface area contributed by atoms with E-state index in [1.807, 2.05) is 6.07 Å². The van der Waals surface area contributed by atoms with E-state index in [4.69, 9.17) is 0 Å². The summed E-state index contributed by atoms with van der Waals surface area (Å²) in [6.07, 6.45) is 3.72. The maximum absolute atomic E-state index is 13.5. The number of rotatable bonds is 4. The third kappa shape index (κ3) is 3.21. The van der Waals surface area contributed by atoms with Crippen LogP contribution in [0.3, 0.4) is 0 Å². The molecule has 1 aliphatic rings. The van der Waals surface area contributed by atoms with Gasteiger partial charge in [0.15, 0.2) is 0 Å². The molecular weight excluding hydrogens is 276 g/mol. The summed E-state index contributed by atoms with van der Waals surface area (Å²) in [5.41, 5.74) is 1.46. The van der Waals surface area contributed by atoms with Crippen molar-refractivity contribution in [1.29, 1.82) is 0 Å². The Morgan fingerprint density at radius 3 is 2.76 bits per heavy atom. The van der Waals surface area contributed by atoms with Crippen molar-refractivity contribution >= 4 is 5.91 Å². The fourth-order valence-corrected chi connectivity index (χ4v) is 2.05. The van der Waals surface area contributed by atoms with Crippen LogP contribution in [0.2, 0.25) is 0 Å².